The van der Waals surface area contributed by atoms with Gasteiger partial charge in [0.1, 0.15) is 0 Å². The summed E-state index contributed by atoms with van der Waals surface area (Å²) in [6.07, 6.45) is 6.73. The molecule has 0 bridgehead atoms. The molecule has 0 aromatic rings. The van der Waals surface area contributed by atoms with Crippen molar-refractivity contribution in [2.45, 2.75) is 71.9 Å². The minimum Gasteiger partial charge on any atom is -0.329 e. The number of likely N-dealkylation sites (tertiary alicyclic amines) is 1. The van der Waals surface area contributed by atoms with Crippen molar-refractivity contribution in [3.63, 3.8) is 0 Å². The largest absolute Gasteiger partial charge is 0.329 e. The lowest BCUT2D eigenvalue weighted by Gasteiger charge is -2.49. The van der Waals surface area contributed by atoms with E-state index in [0.717, 1.165) is 12.6 Å². The summed E-state index contributed by atoms with van der Waals surface area (Å²) in [6.45, 7) is 11.9. The first-order valence-corrected chi connectivity index (χ1v) is 7.29. The van der Waals surface area contributed by atoms with E-state index in [1.54, 1.807) is 0 Å². The molecule has 2 heteroatoms. The third-order valence-corrected chi connectivity index (χ3v) is 4.70. The van der Waals surface area contributed by atoms with Gasteiger partial charge in [0.15, 0.2) is 0 Å². The van der Waals surface area contributed by atoms with Gasteiger partial charge in [0.2, 0.25) is 0 Å². The molecule has 1 aliphatic heterocycles. The minimum absolute atomic E-state index is 0.494. The van der Waals surface area contributed by atoms with Gasteiger partial charge in [0.25, 0.3) is 0 Å². The second kappa shape index (κ2) is 4.55. The molecule has 0 aromatic heterocycles. The second-order valence-electron chi connectivity index (χ2n) is 7.84. The summed E-state index contributed by atoms with van der Waals surface area (Å²) in [7, 11) is 0. The Labute approximate surface area is 107 Å². The lowest BCUT2D eigenvalue weighted by molar-refractivity contribution is 0.0201. The van der Waals surface area contributed by atoms with Crippen LogP contribution in [0.2, 0.25) is 0 Å². The third-order valence-electron chi connectivity index (χ3n) is 4.70. The van der Waals surface area contributed by atoms with E-state index in [9.17, 15) is 0 Å². The molecule has 1 unspecified atom stereocenters. The molecule has 1 aliphatic carbocycles. The zero-order valence-corrected chi connectivity index (χ0v) is 12.1. The maximum atomic E-state index is 5.92. The van der Waals surface area contributed by atoms with Crippen molar-refractivity contribution in [2.75, 3.05) is 13.1 Å². The highest BCUT2D eigenvalue weighted by molar-refractivity contribution is 4.96. The smallest absolute Gasteiger partial charge is 0.0221 e. The van der Waals surface area contributed by atoms with Gasteiger partial charge in [-0.2, -0.15) is 0 Å². The maximum Gasteiger partial charge on any atom is 0.0221 e. The Kier molecular flexibility index (Phi) is 3.57. The van der Waals surface area contributed by atoms with Gasteiger partial charge < -0.3 is 5.73 Å². The predicted octanol–water partition coefficient (Wildman–Crippen LogP) is 3.01. The van der Waals surface area contributed by atoms with Crippen LogP contribution in [0.5, 0.6) is 0 Å². The first kappa shape index (κ1) is 13.4. The Bertz CT molecular complexity index is 254. The minimum atomic E-state index is 0.494. The molecule has 2 N–H and O–H groups in total. The van der Waals surface area contributed by atoms with Crippen molar-refractivity contribution in [3.05, 3.63) is 0 Å². The SMILES string of the molecule is CC1(C)CC(N2CCCC2CN)CC(C)(C)C1. The quantitative estimate of drug-likeness (QED) is 0.801. The van der Waals surface area contributed by atoms with Crippen LogP contribution in [-0.2, 0) is 0 Å². The summed E-state index contributed by atoms with van der Waals surface area (Å²) in [5.41, 5.74) is 6.91. The van der Waals surface area contributed by atoms with Crippen LogP contribution >= 0.6 is 0 Å². The Morgan fingerprint density at radius 3 is 2.24 bits per heavy atom. The lowest BCUT2D eigenvalue weighted by Crippen LogP contribution is -2.49. The molecule has 1 atom stereocenters. The summed E-state index contributed by atoms with van der Waals surface area (Å²) >= 11 is 0. The fraction of sp³-hybridized carbons (Fsp3) is 1.00. The van der Waals surface area contributed by atoms with Gasteiger partial charge in [0.05, 0.1) is 0 Å². The molecule has 0 aromatic carbocycles. The third kappa shape index (κ3) is 3.03. The molecular formula is C15H30N2. The second-order valence-corrected chi connectivity index (χ2v) is 7.84. The highest BCUT2D eigenvalue weighted by Crippen LogP contribution is 2.48. The van der Waals surface area contributed by atoms with Crippen molar-refractivity contribution in [1.29, 1.82) is 0 Å². The van der Waals surface area contributed by atoms with Crippen LogP contribution in [0.3, 0.4) is 0 Å². The Balaban J connectivity index is 2.10. The standard InChI is InChI=1S/C15H30N2/c1-14(2)8-13(9-15(3,4)11-14)17-7-5-6-12(17)10-16/h12-13H,5-11,16H2,1-4H3. The number of nitrogens with zero attached hydrogens (tertiary/aromatic N) is 1. The molecule has 2 fully saturated rings. The number of hydrogen-bond acceptors (Lipinski definition) is 2. The maximum absolute atomic E-state index is 5.92. The Morgan fingerprint density at radius 1 is 1.12 bits per heavy atom. The zero-order chi connectivity index (χ0) is 12.7. The van der Waals surface area contributed by atoms with Gasteiger partial charge in [-0.25, -0.2) is 0 Å². The summed E-state index contributed by atoms with van der Waals surface area (Å²) in [4.78, 5) is 2.72. The molecule has 0 amide bonds. The van der Waals surface area contributed by atoms with Crippen LogP contribution in [0, 0.1) is 10.8 Å². The van der Waals surface area contributed by atoms with Crippen molar-refractivity contribution >= 4 is 0 Å². The molecule has 2 rings (SSSR count). The summed E-state index contributed by atoms with van der Waals surface area (Å²) in [6, 6.07) is 1.43. The van der Waals surface area contributed by atoms with Crippen LogP contribution in [0.15, 0.2) is 0 Å². The molecular weight excluding hydrogens is 208 g/mol. The fourth-order valence-electron chi connectivity index (χ4n) is 4.61. The van der Waals surface area contributed by atoms with Crippen LogP contribution in [0.4, 0.5) is 0 Å². The Morgan fingerprint density at radius 2 is 1.71 bits per heavy atom. The molecule has 0 radical (unpaired) electrons. The number of nitrogens with two attached hydrogens (primary N) is 1. The molecule has 100 valence electrons. The monoisotopic (exact) mass is 238 g/mol. The Hall–Kier alpha value is -0.0800. The predicted molar refractivity (Wildman–Crippen MR) is 74.0 cm³/mol. The molecule has 0 spiro atoms. The summed E-state index contributed by atoms with van der Waals surface area (Å²) in [5.74, 6) is 0. The van der Waals surface area contributed by atoms with Gasteiger partial charge in [-0.05, 0) is 49.5 Å². The van der Waals surface area contributed by atoms with E-state index in [4.69, 9.17) is 5.73 Å². The van der Waals surface area contributed by atoms with E-state index in [-0.39, 0.29) is 0 Å². The van der Waals surface area contributed by atoms with E-state index in [1.807, 2.05) is 0 Å². The average Bonchev–Trinajstić information content (AvgIpc) is 2.59. The zero-order valence-electron chi connectivity index (χ0n) is 12.1. The number of hydrogen-bond donors (Lipinski definition) is 1. The lowest BCUT2D eigenvalue weighted by atomic mass is 9.63. The molecule has 1 saturated heterocycles. The number of rotatable bonds is 2. The summed E-state index contributed by atoms with van der Waals surface area (Å²) in [5, 5.41) is 0. The van der Waals surface area contributed by atoms with E-state index in [1.165, 1.54) is 38.6 Å². The topological polar surface area (TPSA) is 29.3 Å². The highest BCUT2D eigenvalue weighted by atomic mass is 15.2. The van der Waals surface area contributed by atoms with Crippen LogP contribution in [0.25, 0.3) is 0 Å². The van der Waals surface area contributed by atoms with Crippen molar-refractivity contribution in [1.82, 2.24) is 4.90 Å². The van der Waals surface area contributed by atoms with Gasteiger partial charge >= 0.3 is 0 Å². The van der Waals surface area contributed by atoms with Gasteiger partial charge in [-0.1, -0.05) is 27.7 Å². The molecule has 1 heterocycles. The first-order chi connectivity index (χ1) is 7.83. The van der Waals surface area contributed by atoms with E-state index < -0.39 is 0 Å². The van der Waals surface area contributed by atoms with Crippen LogP contribution in [-0.4, -0.2) is 30.1 Å². The molecule has 2 nitrogen and oxygen atoms in total. The van der Waals surface area contributed by atoms with Crippen molar-refractivity contribution in [2.24, 2.45) is 16.6 Å². The molecule has 2 aliphatic rings. The normalized spacial score (nSPS) is 34.1. The van der Waals surface area contributed by atoms with E-state index >= 15 is 0 Å². The van der Waals surface area contributed by atoms with Crippen molar-refractivity contribution < 1.29 is 0 Å². The molecule has 17 heavy (non-hydrogen) atoms. The summed E-state index contributed by atoms with van der Waals surface area (Å²) < 4.78 is 0. The molecule has 1 saturated carbocycles. The van der Waals surface area contributed by atoms with Gasteiger partial charge in [-0.3, -0.25) is 4.90 Å². The van der Waals surface area contributed by atoms with Crippen molar-refractivity contribution in [3.8, 4) is 0 Å². The van der Waals surface area contributed by atoms with Gasteiger partial charge in [0, 0.05) is 18.6 Å². The van der Waals surface area contributed by atoms with E-state index in [0.29, 0.717) is 16.9 Å². The van der Waals surface area contributed by atoms with Crippen LogP contribution in [0.1, 0.15) is 59.8 Å². The van der Waals surface area contributed by atoms with E-state index in [2.05, 4.69) is 32.6 Å². The highest BCUT2D eigenvalue weighted by Gasteiger charge is 2.42. The van der Waals surface area contributed by atoms with Gasteiger partial charge in [-0.15, -0.1) is 0 Å². The average molecular weight is 238 g/mol. The first-order valence-electron chi connectivity index (χ1n) is 7.29. The van der Waals surface area contributed by atoms with Crippen LogP contribution < -0.4 is 5.73 Å². The fourth-order valence-corrected chi connectivity index (χ4v) is 4.61.